The highest BCUT2D eigenvalue weighted by molar-refractivity contribution is 5.93. The third kappa shape index (κ3) is 3.99. The summed E-state index contributed by atoms with van der Waals surface area (Å²) in [6, 6.07) is 7.37. The van der Waals surface area contributed by atoms with Crippen molar-refractivity contribution in [3.63, 3.8) is 0 Å². The number of urea groups is 1. The number of hydrogen-bond acceptors (Lipinski definition) is 3. The fraction of sp³-hybridized carbons (Fsp3) is 0.389. The molecule has 1 atom stereocenters. The molecular weight excluding hydrogens is 318 g/mol. The fourth-order valence-electron chi connectivity index (χ4n) is 3.10. The molecule has 0 saturated carbocycles. The van der Waals surface area contributed by atoms with Gasteiger partial charge in [0.15, 0.2) is 0 Å². The molecular formula is C18H23N5O2. The minimum atomic E-state index is -0.106. The normalized spacial score (nSPS) is 16.7. The minimum Gasteiger partial charge on any atom is -0.335 e. The van der Waals surface area contributed by atoms with E-state index in [1.54, 1.807) is 30.5 Å². The first-order valence-corrected chi connectivity index (χ1v) is 8.42. The molecule has 1 saturated heterocycles. The van der Waals surface area contributed by atoms with E-state index in [4.69, 9.17) is 0 Å². The number of amides is 3. The Labute approximate surface area is 147 Å². The number of imidazole rings is 1. The maximum Gasteiger partial charge on any atom is 0.322 e. The van der Waals surface area contributed by atoms with Crippen LogP contribution in [0.15, 0.2) is 43.0 Å². The molecule has 1 N–H and O–H groups in total. The zero-order valence-electron chi connectivity index (χ0n) is 14.6. The van der Waals surface area contributed by atoms with Crippen molar-refractivity contribution in [2.24, 2.45) is 0 Å². The molecule has 0 unspecified atom stereocenters. The lowest BCUT2D eigenvalue weighted by molar-refractivity contribution is -0.116. The van der Waals surface area contributed by atoms with E-state index in [2.05, 4.69) is 10.3 Å². The van der Waals surface area contributed by atoms with Crippen molar-refractivity contribution in [1.29, 1.82) is 0 Å². The Morgan fingerprint density at radius 1 is 1.40 bits per heavy atom. The number of aromatic nitrogens is 2. The van der Waals surface area contributed by atoms with Crippen LogP contribution in [0, 0.1) is 0 Å². The van der Waals surface area contributed by atoms with Gasteiger partial charge in [0.25, 0.3) is 0 Å². The molecule has 1 fully saturated rings. The van der Waals surface area contributed by atoms with E-state index < -0.39 is 0 Å². The summed E-state index contributed by atoms with van der Waals surface area (Å²) in [6.07, 6.45) is 7.42. The molecule has 3 rings (SSSR count). The van der Waals surface area contributed by atoms with Crippen LogP contribution in [-0.4, -0.2) is 46.0 Å². The van der Waals surface area contributed by atoms with Crippen LogP contribution in [0.2, 0.25) is 0 Å². The number of carbonyl (C=O) groups is 2. The molecule has 0 aliphatic carbocycles. The lowest BCUT2D eigenvalue weighted by Crippen LogP contribution is -2.40. The van der Waals surface area contributed by atoms with Gasteiger partial charge in [0.05, 0.1) is 12.4 Å². The number of carbonyl (C=O) groups excluding carboxylic acids is 2. The van der Waals surface area contributed by atoms with Crippen LogP contribution in [0.25, 0.3) is 0 Å². The molecule has 7 heteroatoms. The zero-order valence-corrected chi connectivity index (χ0v) is 14.6. The van der Waals surface area contributed by atoms with Crippen LogP contribution in [0.3, 0.4) is 0 Å². The highest BCUT2D eigenvalue weighted by atomic mass is 16.2. The minimum absolute atomic E-state index is 0.0524. The van der Waals surface area contributed by atoms with Crippen molar-refractivity contribution in [3.8, 4) is 0 Å². The largest absolute Gasteiger partial charge is 0.335 e. The quantitative estimate of drug-likeness (QED) is 0.929. The lowest BCUT2D eigenvalue weighted by Gasteiger charge is -2.25. The van der Waals surface area contributed by atoms with E-state index in [1.165, 1.54) is 6.92 Å². The van der Waals surface area contributed by atoms with Gasteiger partial charge >= 0.3 is 6.03 Å². The van der Waals surface area contributed by atoms with Crippen molar-refractivity contribution < 1.29 is 9.59 Å². The molecule has 1 aliphatic rings. The fourth-order valence-corrected chi connectivity index (χ4v) is 3.10. The predicted octanol–water partition coefficient (Wildman–Crippen LogP) is 2.56. The SMILES string of the molecule is CC(=O)N(C)c1cccc(NC(=O)N2CCC[C@@H]2Cn2ccnc2)c1. The zero-order chi connectivity index (χ0) is 17.8. The second-order valence-corrected chi connectivity index (χ2v) is 6.31. The summed E-state index contributed by atoms with van der Waals surface area (Å²) in [4.78, 5) is 31.7. The van der Waals surface area contributed by atoms with Gasteiger partial charge in [-0.15, -0.1) is 0 Å². The summed E-state index contributed by atoms with van der Waals surface area (Å²) >= 11 is 0. The van der Waals surface area contributed by atoms with E-state index in [0.717, 1.165) is 31.6 Å². The molecule has 25 heavy (non-hydrogen) atoms. The number of anilines is 2. The summed E-state index contributed by atoms with van der Waals surface area (Å²) < 4.78 is 2.00. The third-order valence-corrected chi connectivity index (χ3v) is 4.58. The van der Waals surface area contributed by atoms with E-state index in [1.807, 2.05) is 33.9 Å². The summed E-state index contributed by atoms with van der Waals surface area (Å²) in [5.74, 6) is -0.0524. The van der Waals surface area contributed by atoms with Crippen LogP contribution in [0.4, 0.5) is 16.2 Å². The van der Waals surface area contributed by atoms with Gasteiger partial charge in [-0.25, -0.2) is 9.78 Å². The van der Waals surface area contributed by atoms with Gasteiger partial charge in [-0.2, -0.15) is 0 Å². The number of rotatable bonds is 4. The van der Waals surface area contributed by atoms with Crippen LogP contribution in [-0.2, 0) is 11.3 Å². The van der Waals surface area contributed by atoms with Gasteiger partial charge in [0.1, 0.15) is 0 Å². The lowest BCUT2D eigenvalue weighted by atomic mass is 10.2. The first-order chi connectivity index (χ1) is 12.0. The molecule has 2 aromatic rings. The molecule has 0 radical (unpaired) electrons. The molecule has 3 amide bonds. The Morgan fingerprint density at radius 3 is 2.96 bits per heavy atom. The Morgan fingerprint density at radius 2 is 2.24 bits per heavy atom. The number of likely N-dealkylation sites (tertiary alicyclic amines) is 1. The van der Waals surface area contributed by atoms with Crippen molar-refractivity contribution in [1.82, 2.24) is 14.5 Å². The summed E-state index contributed by atoms with van der Waals surface area (Å²) in [6.45, 7) is 3.01. The van der Waals surface area contributed by atoms with Crippen LogP contribution >= 0.6 is 0 Å². The smallest absolute Gasteiger partial charge is 0.322 e. The molecule has 0 spiro atoms. The number of hydrogen-bond donors (Lipinski definition) is 1. The van der Waals surface area contributed by atoms with Gasteiger partial charge in [0, 0.05) is 50.8 Å². The number of nitrogens with zero attached hydrogens (tertiary/aromatic N) is 4. The maximum absolute atomic E-state index is 12.7. The Bertz CT molecular complexity index is 744. The second kappa shape index (κ2) is 7.38. The first kappa shape index (κ1) is 17.0. The number of benzene rings is 1. The Kier molecular flexibility index (Phi) is 5.02. The molecule has 0 bridgehead atoms. The summed E-state index contributed by atoms with van der Waals surface area (Å²) in [7, 11) is 1.71. The molecule has 2 heterocycles. The van der Waals surface area contributed by atoms with Crippen molar-refractivity contribution in [2.45, 2.75) is 32.4 Å². The highest BCUT2D eigenvalue weighted by Gasteiger charge is 2.29. The summed E-state index contributed by atoms with van der Waals surface area (Å²) in [5.41, 5.74) is 1.44. The summed E-state index contributed by atoms with van der Waals surface area (Å²) in [5, 5.41) is 2.95. The van der Waals surface area contributed by atoms with Crippen molar-refractivity contribution in [3.05, 3.63) is 43.0 Å². The Hall–Kier alpha value is -2.83. The van der Waals surface area contributed by atoms with E-state index in [0.29, 0.717) is 5.69 Å². The topological polar surface area (TPSA) is 70.5 Å². The van der Waals surface area contributed by atoms with Crippen molar-refractivity contribution in [2.75, 3.05) is 23.8 Å². The van der Waals surface area contributed by atoms with E-state index >= 15 is 0 Å². The first-order valence-electron chi connectivity index (χ1n) is 8.42. The molecule has 1 aliphatic heterocycles. The monoisotopic (exact) mass is 341 g/mol. The second-order valence-electron chi connectivity index (χ2n) is 6.31. The highest BCUT2D eigenvalue weighted by Crippen LogP contribution is 2.22. The average Bonchev–Trinajstić information content (AvgIpc) is 3.26. The molecule has 1 aromatic carbocycles. The van der Waals surface area contributed by atoms with Crippen LogP contribution < -0.4 is 10.2 Å². The Balaban J connectivity index is 1.67. The van der Waals surface area contributed by atoms with Gasteiger partial charge in [-0.1, -0.05) is 6.07 Å². The third-order valence-electron chi connectivity index (χ3n) is 4.58. The van der Waals surface area contributed by atoms with E-state index in [9.17, 15) is 9.59 Å². The average molecular weight is 341 g/mol. The van der Waals surface area contributed by atoms with E-state index in [-0.39, 0.29) is 18.0 Å². The molecule has 132 valence electrons. The van der Waals surface area contributed by atoms with Crippen LogP contribution in [0.1, 0.15) is 19.8 Å². The van der Waals surface area contributed by atoms with Gasteiger partial charge in [-0.05, 0) is 31.0 Å². The van der Waals surface area contributed by atoms with Gasteiger partial charge < -0.3 is 19.7 Å². The number of nitrogens with one attached hydrogen (secondary N) is 1. The predicted molar refractivity (Wildman–Crippen MR) is 96.5 cm³/mol. The standard InChI is InChI=1S/C18H23N5O2/c1-14(24)21(2)16-6-3-5-15(11-16)20-18(25)23-9-4-7-17(23)12-22-10-8-19-13-22/h3,5-6,8,10-11,13,17H,4,7,9,12H2,1-2H3,(H,20,25)/t17-/m1/s1. The van der Waals surface area contributed by atoms with Gasteiger partial charge in [0.2, 0.25) is 5.91 Å². The van der Waals surface area contributed by atoms with Gasteiger partial charge in [-0.3, -0.25) is 4.79 Å². The maximum atomic E-state index is 12.7. The van der Waals surface area contributed by atoms with Crippen LogP contribution in [0.5, 0.6) is 0 Å². The molecule has 7 nitrogen and oxygen atoms in total. The van der Waals surface area contributed by atoms with Crippen molar-refractivity contribution >= 4 is 23.3 Å². The molecule has 1 aromatic heterocycles.